The second-order valence-electron chi connectivity index (χ2n) is 4.67. The van der Waals surface area contributed by atoms with Gasteiger partial charge in [0.2, 0.25) is 5.91 Å². The minimum atomic E-state index is -0.723. The van der Waals surface area contributed by atoms with E-state index in [4.69, 9.17) is 23.2 Å². The fraction of sp³-hybridized carbons (Fsp3) is 0.333. The van der Waals surface area contributed by atoms with E-state index in [9.17, 15) is 19.7 Å². The van der Waals surface area contributed by atoms with Crippen molar-refractivity contribution in [2.24, 2.45) is 5.92 Å². The van der Waals surface area contributed by atoms with Crippen molar-refractivity contribution in [3.8, 4) is 0 Å². The van der Waals surface area contributed by atoms with Gasteiger partial charge in [-0.2, -0.15) is 0 Å². The third-order valence-corrected chi connectivity index (χ3v) is 3.81. The zero-order valence-electron chi connectivity index (χ0n) is 10.4. The van der Waals surface area contributed by atoms with E-state index in [2.05, 4.69) is 0 Å². The van der Waals surface area contributed by atoms with Crippen LogP contribution < -0.4 is 0 Å². The zero-order chi connectivity index (χ0) is 15.0. The summed E-state index contributed by atoms with van der Waals surface area (Å²) in [4.78, 5) is 35.1. The molecule has 1 aromatic rings. The van der Waals surface area contributed by atoms with E-state index in [1.54, 1.807) is 0 Å². The van der Waals surface area contributed by atoms with Crippen molar-refractivity contribution < 1.29 is 14.5 Å². The number of amides is 2. The summed E-state index contributed by atoms with van der Waals surface area (Å²) in [6.45, 7) is 2.15. The lowest BCUT2D eigenvalue weighted by molar-refractivity contribution is -0.384. The molecular formula is C12H10Cl2N2O4. The molecule has 1 saturated heterocycles. The summed E-state index contributed by atoms with van der Waals surface area (Å²) in [5, 5.41) is 10.5. The second kappa shape index (κ2) is 5.38. The fourth-order valence-electron chi connectivity index (χ4n) is 2.07. The maximum atomic E-state index is 12.2. The van der Waals surface area contributed by atoms with Crippen LogP contribution in [0.2, 0.25) is 10.0 Å². The Hall–Kier alpha value is -1.66. The normalized spacial score (nSPS) is 18.4. The largest absolute Gasteiger partial charge is 0.290 e. The highest BCUT2D eigenvalue weighted by Crippen LogP contribution is 2.34. The molecule has 1 unspecified atom stereocenters. The summed E-state index contributed by atoms with van der Waals surface area (Å²) < 4.78 is 0. The number of hydrogen-bond acceptors (Lipinski definition) is 4. The Morgan fingerprint density at radius 3 is 2.60 bits per heavy atom. The molecular weight excluding hydrogens is 307 g/mol. The zero-order valence-corrected chi connectivity index (χ0v) is 11.9. The molecule has 0 saturated carbocycles. The average molecular weight is 317 g/mol. The second-order valence-corrected chi connectivity index (χ2v) is 5.45. The van der Waals surface area contributed by atoms with E-state index in [-0.39, 0.29) is 33.9 Å². The van der Waals surface area contributed by atoms with Crippen LogP contribution in [0.3, 0.4) is 0 Å². The molecule has 0 aromatic heterocycles. The molecule has 0 bridgehead atoms. The Morgan fingerprint density at radius 2 is 2.10 bits per heavy atom. The first-order valence-corrected chi connectivity index (χ1v) is 6.55. The van der Waals surface area contributed by atoms with Gasteiger partial charge in [-0.05, 0) is 12.0 Å². The molecule has 1 aromatic carbocycles. The standard InChI is InChI=1S/C12H10Cl2N2O4/c1-6-2-10(17)15(5-6)12(18)7-3-8(13)11(14)9(4-7)16(19)20/h3-4,6H,2,5H2,1H3. The van der Waals surface area contributed by atoms with Gasteiger partial charge in [0, 0.05) is 24.6 Å². The highest BCUT2D eigenvalue weighted by Gasteiger charge is 2.33. The van der Waals surface area contributed by atoms with Crippen molar-refractivity contribution in [1.82, 2.24) is 4.90 Å². The predicted octanol–water partition coefficient (Wildman–Crippen LogP) is 2.91. The van der Waals surface area contributed by atoms with E-state index in [1.165, 1.54) is 6.07 Å². The van der Waals surface area contributed by atoms with Crippen LogP contribution in [0.25, 0.3) is 0 Å². The van der Waals surface area contributed by atoms with Crippen molar-refractivity contribution in [3.05, 3.63) is 37.9 Å². The number of carbonyl (C=O) groups excluding carboxylic acids is 2. The van der Waals surface area contributed by atoms with Gasteiger partial charge in [0.05, 0.1) is 9.95 Å². The van der Waals surface area contributed by atoms with Crippen LogP contribution in [-0.4, -0.2) is 28.2 Å². The molecule has 1 heterocycles. The SMILES string of the molecule is CC1CC(=O)N(C(=O)c2cc(Cl)c(Cl)c([N+](=O)[O-])c2)C1. The highest BCUT2D eigenvalue weighted by atomic mass is 35.5. The first-order valence-electron chi connectivity index (χ1n) is 5.79. The molecule has 1 aliphatic rings. The first-order chi connectivity index (χ1) is 9.31. The number of nitrogens with zero attached hydrogens (tertiary/aromatic N) is 2. The van der Waals surface area contributed by atoms with Crippen LogP contribution in [0.1, 0.15) is 23.7 Å². The van der Waals surface area contributed by atoms with Crippen LogP contribution in [0, 0.1) is 16.0 Å². The van der Waals surface area contributed by atoms with Gasteiger partial charge >= 0.3 is 0 Å². The van der Waals surface area contributed by atoms with E-state index in [0.717, 1.165) is 11.0 Å². The summed E-state index contributed by atoms with van der Waals surface area (Å²) in [6, 6.07) is 2.27. The monoisotopic (exact) mass is 316 g/mol. The lowest BCUT2D eigenvalue weighted by atomic mass is 10.1. The van der Waals surface area contributed by atoms with E-state index < -0.39 is 16.5 Å². The van der Waals surface area contributed by atoms with Gasteiger partial charge in [0.25, 0.3) is 11.6 Å². The Bertz CT molecular complexity index is 618. The van der Waals surface area contributed by atoms with Crippen molar-refractivity contribution in [3.63, 3.8) is 0 Å². The fourth-order valence-corrected chi connectivity index (χ4v) is 2.46. The number of imide groups is 1. The molecule has 1 aliphatic heterocycles. The molecule has 0 spiro atoms. The molecule has 2 rings (SSSR count). The molecule has 106 valence electrons. The molecule has 1 atom stereocenters. The number of halogens is 2. The van der Waals surface area contributed by atoms with Crippen LogP contribution in [0.4, 0.5) is 5.69 Å². The Balaban J connectivity index is 2.41. The summed E-state index contributed by atoms with van der Waals surface area (Å²) in [5.74, 6) is -0.818. The van der Waals surface area contributed by atoms with Crippen LogP contribution in [0.15, 0.2) is 12.1 Å². The Morgan fingerprint density at radius 1 is 1.45 bits per heavy atom. The Labute approximate surface area is 124 Å². The minimum Gasteiger partial charge on any atom is -0.278 e. The van der Waals surface area contributed by atoms with Gasteiger partial charge < -0.3 is 0 Å². The van der Waals surface area contributed by atoms with Gasteiger partial charge in [-0.25, -0.2) is 0 Å². The molecule has 0 aliphatic carbocycles. The summed E-state index contributed by atoms with van der Waals surface area (Å²) in [6.07, 6.45) is 0.287. The molecule has 0 radical (unpaired) electrons. The molecule has 1 fully saturated rings. The smallest absolute Gasteiger partial charge is 0.278 e. The quantitative estimate of drug-likeness (QED) is 0.477. The predicted molar refractivity (Wildman–Crippen MR) is 72.9 cm³/mol. The number of nitro benzene ring substituents is 1. The number of carbonyl (C=O) groups is 2. The number of rotatable bonds is 2. The van der Waals surface area contributed by atoms with Crippen molar-refractivity contribution in [2.75, 3.05) is 6.54 Å². The molecule has 6 nitrogen and oxygen atoms in total. The Kier molecular flexibility index (Phi) is 3.96. The van der Waals surface area contributed by atoms with Crippen LogP contribution in [0.5, 0.6) is 0 Å². The van der Waals surface area contributed by atoms with Gasteiger partial charge in [0.1, 0.15) is 5.02 Å². The van der Waals surface area contributed by atoms with Crippen LogP contribution in [-0.2, 0) is 4.79 Å². The van der Waals surface area contributed by atoms with Gasteiger partial charge in [-0.1, -0.05) is 30.1 Å². The maximum absolute atomic E-state index is 12.2. The lowest BCUT2D eigenvalue weighted by Gasteiger charge is -2.14. The van der Waals surface area contributed by atoms with E-state index in [1.807, 2.05) is 6.92 Å². The topological polar surface area (TPSA) is 80.5 Å². The van der Waals surface area contributed by atoms with Crippen molar-refractivity contribution >= 4 is 40.7 Å². The molecule has 8 heteroatoms. The average Bonchev–Trinajstić information content (AvgIpc) is 2.70. The highest BCUT2D eigenvalue weighted by molar-refractivity contribution is 6.43. The number of hydrogen-bond donors (Lipinski definition) is 0. The summed E-state index contributed by atoms with van der Waals surface area (Å²) >= 11 is 11.5. The summed E-state index contributed by atoms with van der Waals surface area (Å²) in [7, 11) is 0. The lowest BCUT2D eigenvalue weighted by Crippen LogP contribution is -2.32. The first kappa shape index (κ1) is 14.7. The van der Waals surface area contributed by atoms with Gasteiger partial charge in [0.15, 0.2) is 0 Å². The minimum absolute atomic E-state index is 0.0199. The molecule has 2 amide bonds. The number of nitro groups is 1. The molecule has 0 N–H and O–H groups in total. The van der Waals surface area contributed by atoms with Crippen LogP contribution >= 0.6 is 23.2 Å². The number of likely N-dealkylation sites (tertiary alicyclic amines) is 1. The van der Waals surface area contributed by atoms with Gasteiger partial charge in [-0.3, -0.25) is 24.6 Å². The van der Waals surface area contributed by atoms with E-state index in [0.29, 0.717) is 6.54 Å². The third-order valence-electron chi connectivity index (χ3n) is 3.02. The van der Waals surface area contributed by atoms with Crippen molar-refractivity contribution in [1.29, 1.82) is 0 Å². The van der Waals surface area contributed by atoms with Crippen molar-refractivity contribution in [2.45, 2.75) is 13.3 Å². The number of benzene rings is 1. The summed E-state index contributed by atoms with van der Waals surface area (Å²) in [5.41, 5.74) is -0.476. The van der Waals surface area contributed by atoms with Gasteiger partial charge in [-0.15, -0.1) is 0 Å². The molecule has 20 heavy (non-hydrogen) atoms. The maximum Gasteiger partial charge on any atom is 0.290 e. The third kappa shape index (κ3) is 2.62. The van der Waals surface area contributed by atoms with E-state index >= 15 is 0 Å².